The summed E-state index contributed by atoms with van der Waals surface area (Å²) in [5.41, 5.74) is 2.45. The van der Waals surface area contributed by atoms with Crippen LogP contribution in [0.25, 0.3) is 54.6 Å². The summed E-state index contributed by atoms with van der Waals surface area (Å²) in [7, 11) is 0. The average Bonchev–Trinajstić information content (AvgIpc) is 3.26. The first-order chi connectivity index (χ1) is 17.9. The molecule has 0 spiro atoms. The van der Waals surface area contributed by atoms with Crippen LogP contribution in [0.3, 0.4) is 0 Å². The zero-order valence-electron chi connectivity index (χ0n) is 24.0. The fourth-order valence-corrected chi connectivity index (χ4v) is 4.79. The molecule has 0 N–H and O–H groups in total. The third kappa shape index (κ3) is 3.31. The first kappa shape index (κ1) is 15.3. The average molecular weight is 434 g/mol. The van der Waals surface area contributed by atoms with Gasteiger partial charge in [-0.05, 0) is 57.6 Å². The Bertz CT molecular complexity index is 1870. The molecule has 33 heavy (non-hydrogen) atoms. The van der Waals surface area contributed by atoms with Gasteiger partial charge in [0.25, 0.3) is 0 Å². The summed E-state index contributed by atoms with van der Waals surface area (Å²) < 4.78 is 48.7. The number of para-hydroxylation sites is 1. The minimum atomic E-state index is -2.43. The summed E-state index contributed by atoms with van der Waals surface area (Å²) >= 11 is 0. The summed E-state index contributed by atoms with van der Waals surface area (Å²) in [5.74, 6) is 0. The van der Waals surface area contributed by atoms with E-state index in [1.54, 1.807) is 39.0 Å². The van der Waals surface area contributed by atoms with Gasteiger partial charge in [0.2, 0.25) is 0 Å². The van der Waals surface area contributed by atoms with Crippen LogP contribution in [0.15, 0.2) is 89.3 Å². The van der Waals surface area contributed by atoms with E-state index in [2.05, 4.69) is 36.4 Å². The molecule has 0 saturated carbocycles. The smallest absolute Gasteiger partial charge is 0.143 e. The molecule has 162 valence electrons. The Labute approximate surface area is 201 Å². The number of furan rings is 1. The van der Waals surface area contributed by atoms with E-state index in [9.17, 15) is 0 Å². The Balaban J connectivity index is 1.66. The minimum Gasteiger partial charge on any atom is -0.455 e. The maximum atomic E-state index is 8.91. The Morgan fingerprint density at radius 2 is 1.52 bits per heavy atom. The van der Waals surface area contributed by atoms with Crippen LogP contribution in [0, 0.1) is 12.3 Å². The Morgan fingerprint density at radius 3 is 2.36 bits per heavy atom. The summed E-state index contributed by atoms with van der Waals surface area (Å²) in [6.07, 6.45) is -1.87. The number of aryl methyl sites for hydroxylation is 1. The van der Waals surface area contributed by atoms with Crippen LogP contribution >= 0.6 is 0 Å². The van der Waals surface area contributed by atoms with Gasteiger partial charge in [0.05, 0.1) is 0 Å². The molecule has 0 aliphatic heterocycles. The first-order valence-electron chi connectivity index (χ1n) is 13.8. The molecule has 0 radical (unpaired) electrons. The minimum absolute atomic E-state index is 0.0374. The molecule has 6 rings (SSSR count). The van der Waals surface area contributed by atoms with E-state index in [0.29, 0.717) is 5.58 Å². The van der Waals surface area contributed by atoms with Gasteiger partial charge in [-0.1, -0.05) is 99.6 Å². The fourth-order valence-electron chi connectivity index (χ4n) is 4.79. The Morgan fingerprint density at radius 1 is 0.758 bits per heavy atom. The lowest BCUT2D eigenvalue weighted by Gasteiger charge is -2.20. The van der Waals surface area contributed by atoms with Gasteiger partial charge in [0.1, 0.15) is 11.2 Å². The molecule has 0 bridgehead atoms. The van der Waals surface area contributed by atoms with Crippen molar-refractivity contribution in [2.45, 2.75) is 34.0 Å². The van der Waals surface area contributed by atoms with Gasteiger partial charge in [-0.3, -0.25) is 0 Å². The van der Waals surface area contributed by atoms with Crippen molar-refractivity contribution in [2.24, 2.45) is 5.41 Å². The summed E-state index contributed by atoms with van der Waals surface area (Å²) in [4.78, 5) is 0. The topological polar surface area (TPSA) is 13.1 Å². The van der Waals surface area contributed by atoms with E-state index >= 15 is 0 Å². The maximum Gasteiger partial charge on any atom is 0.143 e. The molecule has 1 heterocycles. The van der Waals surface area contributed by atoms with E-state index in [1.165, 1.54) is 0 Å². The molecule has 0 aliphatic carbocycles. The number of hydrogen-bond acceptors (Lipinski definition) is 1. The van der Waals surface area contributed by atoms with E-state index < -0.39 is 18.6 Å². The first-order valence-corrected chi connectivity index (χ1v) is 11.3. The summed E-state index contributed by atoms with van der Waals surface area (Å²) in [6, 6.07) is 27.7. The fraction of sp³-hybridized carbons (Fsp3) is 0.188. The van der Waals surface area contributed by atoms with Crippen LogP contribution in [0.4, 0.5) is 0 Å². The monoisotopic (exact) mass is 433 g/mol. The molecule has 1 nitrogen and oxygen atoms in total. The van der Waals surface area contributed by atoms with Gasteiger partial charge in [0, 0.05) is 28.6 Å². The predicted octanol–water partition coefficient (Wildman–Crippen LogP) is 9.46. The third-order valence-electron chi connectivity index (χ3n) is 6.21. The number of benzene rings is 5. The van der Waals surface area contributed by atoms with E-state index in [-0.39, 0.29) is 11.1 Å². The van der Waals surface area contributed by atoms with Crippen LogP contribution in [0.1, 0.15) is 38.8 Å². The highest BCUT2D eigenvalue weighted by Gasteiger charge is 2.17. The van der Waals surface area contributed by atoms with Crippen molar-refractivity contribution >= 4 is 43.5 Å². The van der Waals surface area contributed by atoms with Crippen molar-refractivity contribution < 1.29 is 11.3 Å². The molecule has 0 amide bonds. The normalized spacial score (nSPS) is 15.4. The maximum absolute atomic E-state index is 8.91. The van der Waals surface area contributed by atoms with Gasteiger partial charge >= 0.3 is 0 Å². The summed E-state index contributed by atoms with van der Waals surface area (Å²) in [5, 5.41) is 6.40. The molecule has 0 fully saturated rings. The van der Waals surface area contributed by atoms with Crippen LogP contribution in [-0.4, -0.2) is 0 Å². The van der Waals surface area contributed by atoms with Crippen molar-refractivity contribution in [2.75, 3.05) is 0 Å². The molecule has 6 aromatic rings. The Kier molecular flexibility index (Phi) is 3.34. The zero-order chi connectivity index (χ0) is 27.0. The molecular weight excluding hydrogens is 400 g/mol. The highest BCUT2D eigenvalue weighted by molar-refractivity contribution is 6.23. The molecule has 1 aromatic heterocycles. The summed E-state index contributed by atoms with van der Waals surface area (Å²) in [6.45, 7) is 2.94. The van der Waals surface area contributed by atoms with E-state index in [0.717, 1.165) is 49.0 Å². The van der Waals surface area contributed by atoms with Crippen LogP contribution in [-0.2, 0) is 6.37 Å². The van der Waals surface area contributed by atoms with Gasteiger partial charge < -0.3 is 4.42 Å². The molecule has 1 heteroatoms. The third-order valence-corrected chi connectivity index (χ3v) is 6.21. The lowest BCUT2D eigenvalue weighted by atomic mass is 9.85. The van der Waals surface area contributed by atoms with Crippen molar-refractivity contribution in [3.8, 4) is 11.1 Å². The van der Waals surface area contributed by atoms with Gasteiger partial charge in [0.15, 0.2) is 0 Å². The second kappa shape index (κ2) is 7.22. The molecule has 0 atom stereocenters. The van der Waals surface area contributed by atoms with Crippen molar-refractivity contribution in [1.82, 2.24) is 0 Å². The quantitative estimate of drug-likeness (QED) is 0.248. The molecule has 5 aromatic carbocycles. The second-order valence-electron chi connectivity index (χ2n) is 9.75. The van der Waals surface area contributed by atoms with Crippen LogP contribution in [0.5, 0.6) is 0 Å². The highest BCUT2D eigenvalue weighted by Crippen LogP contribution is 2.41. The molecule has 0 saturated heterocycles. The van der Waals surface area contributed by atoms with Gasteiger partial charge in [-0.25, -0.2) is 0 Å². The SMILES string of the molecule is [2H]C([2H])([2H])c1ccc(-c2cccc3c2oc2c3ccc3ccc4ccccc4c32)cc1C([2H])([2H])C(C)(C)C. The van der Waals surface area contributed by atoms with Crippen LogP contribution in [0.2, 0.25) is 0 Å². The van der Waals surface area contributed by atoms with E-state index in [1.807, 2.05) is 30.3 Å². The largest absolute Gasteiger partial charge is 0.455 e. The Hall–Kier alpha value is -3.58. The van der Waals surface area contributed by atoms with E-state index in [4.69, 9.17) is 11.3 Å². The van der Waals surface area contributed by atoms with Crippen molar-refractivity contribution in [1.29, 1.82) is 0 Å². The van der Waals surface area contributed by atoms with Gasteiger partial charge in [-0.2, -0.15) is 0 Å². The molecule has 0 unspecified atom stereocenters. The van der Waals surface area contributed by atoms with Crippen molar-refractivity contribution in [3.63, 3.8) is 0 Å². The molecular formula is C32H28O. The lowest BCUT2D eigenvalue weighted by molar-refractivity contribution is 0.410. The van der Waals surface area contributed by atoms with Crippen LogP contribution < -0.4 is 0 Å². The standard InChI is InChI=1S/C32H28O/c1-20-12-13-23(18-24(20)19-32(2,3)4)26-10-7-11-27-28-17-16-22-15-14-21-8-5-6-9-25(21)29(22)31(28)33-30(26)27/h5-18H,19H2,1-4H3/i1D3,19D2. The number of rotatable bonds is 2. The zero-order valence-corrected chi connectivity index (χ0v) is 19.0. The number of hydrogen-bond donors (Lipinski definition) is 0. The second-order valence-corrected chi connectivity index (χ2v) is 9.75. The predicted molar refractivity (Wildman–Crippen MR) is 142 cm³/mol. The van der Waals surface area contributed by atoms with Crippen molar-refractivity contribution in [3.05, 3.63) is 96.1 Å². The highest BCUT2D eigenvalue weighted by atomic mass is 16.3. The number of fused-ring (bicyclic) bond motifs is 7. The molecule has 0 aliphatic rings. The van der Waals surface area contributed by atoms with Gasteiger partial charge in [-0.15, -0.1) is 0 Å². The lowest BCUT2D eigenvalue weighted by Crippen LogP contribution is -2.10.